The number of aliphatic imine (C=N–C) groups is 1. The molecule has 0 bridgehead atoms. The highest BCUT2D eigenvalue weighted by Gasteiger charge is 2.44. The first-order valence-corrected chi connectivity index (χ1v) is 8.17. The Morgan fingerprint density at radius 2 is 2.09 bits per heavy atom. The average Bonchev–Trinajstić information content (AvgIpc) is 3.23. The van der Waals surface area contributed by atoms with Crippen LogP contribution >= 0.6 is 0 Å². The maximum atomic E-state index is 12.9. The summed E-state index contributed by atoms with van der Waals surface area (Å²) in [6, 6.07) is 0. The zero-order valence-electron chi connectivity index (χ0n) is 12.5. The second kappa shape index (κ2) is 4.23. The molecular formula is C18H18N3O+. The van der Waals surface area contributed by atoms with E-state index in [9.17, 15) is 4.91 Å². The third-order valence-electron chi connectivity index (χ3n) is 5.42. The van der Waals surface area contributed by atoms with Crippen LogP contribution in [-0.4, -0.2) is 17.5 Å². The summed E-state index contributed by atoms with van der Waals surface area (Å²) in [7, 11) is 0. The van der Waals surface area contributed by atoms with Crippen LogP contribution in [0.1, 0.15) is 48.8 Å². The molecule has 1 aromatic rings. The molecule has 1 aromatic carbocycles. The Hall–Kier alpha value is -2.07. The van der Waals surface area contributed by atoms with E-state index in [1.165, 1.54) is 38.3 Å². The van der Waals surface area contributed by atoms with Crippen molar-refractivity contribution in [3.63, 3.8) is 0 Å². The van der Waals surface area contributed by atoms with E-state index in [4.69, 9.17) is 5.73 Å². The molecule has 0 fully saturated rings. The number of nitrogens with zero attached hydrogens (tertiary/aromatic N) is 2. The van der Waals surface area contributed by atoms with E-state index in [2.05, 4.69) is 11.1 Å². The normalized spacial score (nSPS) is 21.0. The van der Waals surface area contributed by atoms with Crippen molar-refractivity contribution >= 4 is 29.2 Å². The zero-order valence-corrected chi connectivity index (χ0v) is 12.5. The fourth-order valence-electron chi connectivity index (χ4n) is 4.52. The zero-order chi connectivity index (χ0) is 14.8. The van der Waals surface area contributed by atoms with Crippen LogP contribution in [0.2, 0.25) is 0 Å². The quantitative estimate of drug-likeness (QED) is 0.800. The first-order chi connectivity index (χ1) is 10.8. The van der Waals surface area contributed by atoms with Crippen molar-refractivity contribution in [1.82, 2.24) is 0 Å². The number of nitroso groups, excluding NO2 is 1. The van der Waals surface area contributed by atoms with Gasteiger partial charge in [-0.1, -0.05) is 6.08 Å². The summed E-state index contributed by atoms with van der Waals surface area (Å²) in [5, 5.41) is 2.41. The van der Waals surface area contributed by atoms with Crippen LogP contribution in [0.5, 0.6) is 0 Å². The smallest absolute Gasteiger partial charge is 0.275 e. The van der Waals surface area contributed by atoms with Crippen molar-refractivity contribution in [2.24, 2.45) is 10.7 Å². The van der Waals surface area contributed by atoms with E-state index in [1.807, 2.05) is 6.21 Å². The molecule has 22 heavy (non-hydrogen) atoms. The van der Waals surface area contributed by atoms with E-state index in [-0.39, 0.29) is 0 Å². The monoisotopic (exact) mass is 292 g/mol. The van der Waals surface area contributed by atoms with Gasteiger partial charge < -0.3 is 5.73 Å². The Balaban J connectivity index is 1.97. The molecular weight excluding hydrogens is 274 g/mol. The summed E-state index contributed by atoms with van der Waals surface area (Å²) in [5.41, 5.74) is 13.6. The van der Waals surface area contributed by atoms with Gasteiger partial charge in [0.1, 0.15) is 0 Å². The number of fused-ring (bicyclic) bond motifs is 7. The number of hydrogen-bond donors (Lipinski definition) is 1. The highest BCUT2D eigenvalue weighted by atomic mass is 16.3. The van der Waals surface area contributed by atoms with Crippen LogP contribution < -0.4 is 16.2 Å². The minimum atomic E-state index is 0.454. The maximum absolute atomic E-state index is 12.9. The van der Waals surface area contributed by atoms with Gasteiger partial charge in [0.2, 0.25) is 5.70 Å². The molecule has 2 N–H and O–H groups in total. The SMILES string of the molecule is NCC1=c2c(c3c(c4c2=CCC4)[N+](=O)C2=C3CCCC2)C=N1. The van der Waals surface area contributed by atoms with Crippen LogP contribution in [0.15, 0.2) is 10.7 Å². The minimum absolute atomic E-state index is 0.454. The number of nitrogens with two attached hydrogens (primary N) is 1. The van der Waals surface area contributed by atoms with Crippen molar-refractivity contribution < 1.29 is 4.76 Å². The molecule has 4 aliphatic rings. The number of allylic oxidation sites excluding steroid dienone is 2. The topological polar surface area (TPSA) is 58.5 Å². The first kappa shape index (κ1) is 12.5. The molecule has 2 aliphatic carbocycles. The van der Waals surface area contributed by atoms with Crippen molar-refractivity contribution in [1.29, 1.82) is 0 Å². The molecule has 2 aliphatic heterocycles. The van der Waals surface area contributed by atoms with Crippen molar-refractivity contribution in [3.05, 3.63) is 37.7 Å². The summed E-state index contributed by atoms with van der Waals surface area (Å²) in [5.74, 6) is 0. The summed E-state index contributed by atoms with van der Waals surface area (Å²) < 4.78 is 1.23. The van der Waals surface area contributed by atoms with Gasteiger partial charge in [-0.25, -0.2) is 0 Å². The molecule has 2 heterocycles. The molecule has 4 nitrogen and oxygen atoms in total. The molecule has 0 radical (unpaired) electrons. The predicted octanol–water partition coefficient (Wildman–Crippen LogP) is 1.62. The largest absolute Gasteiger partial charge is 0.325 e. The lowest BCUT2D eigenvalue weighted by atomic mass is 9.88. The highest BCUT2D eigenvalue weighted by molar-refractivity contribution is 5.99. The van der Waals surface area contributed by atoms with Gasteiger partial charge in [-0.3, -0.25) is 4.99 Å². The van der Waals surface area contributed by atoms with Crippen LogP contribution in [0.25, 0.3) is 17.3 Å². The molecule has 0 atom stereocenters. The Kier molecular flexibility index (Phi) is 2.40. The fourth-order valence-corrected chi connectivity index (χ4v) is 4.52. The molecule has 0 unspecified atom stereocenters. The lowest BCUT2D eigenvalue weighted by Crippen LogP contribution is -2.33. The van der Waals surface area contributed by atoms with Gasteiger partial charge in [-0.05, 0) is 37.3 Å². The Bertz CT molecular complexity index is 934. The molecule has 5 rings (SSSR count). The van der Waals surface area contributed by atoms with Gasteiger partial charge in [0.05, 0.1) is 16.0 Å². The molecule has 110 valence electrons. The van der Waals surface area contributed by atoms with Gasteiger partial charge in [-0.15, -0.1) is 0 Å². The lowest BCUT2D eigenvalue weighted by Gasteiger charge is -2.09. The summed E-state index contributed by atoms with van der Waals surface area (Å²) in [6.45, 7) is 0.454. The van der Waals surface area contributed by atoms with Crippen LogP contribution in [0, 0.1) is 4.91 Å². The molecule has 0 saturated heterocycles. The van der Waals surface area contributed by atoms with Gasteiger partial charge in [-0.2, -0.15) is 0 Å². The Morgan fingerprint density at radius 3 is 2.95 bits per heavy atom. The molecule has 0 amide bonds. The second-order valence-electron chi connectivity index (χ2n) is 6.48. The molecule has 0 saturated carbocycles. The molecule has 4 heteroatoms. The fraction of sp³-hybridized carbons (Fsp3) is 0.389. The summed E-state index contributed by atoms with van der Waals surface area (Å²) >= 11 is 0. The predicted molar refractivity (Wildman–Crippen MR) is 87.2 cm³/mol. The summed E-state index contributed by atoms with van der Waals surface area (Å²) in [4.78, 5) is 17.5. The van der Waals surface area contributed by atoms with E-state index >= 15 is 0 Å². The van der Waals surface area contributed by atoms with E-state index in [0.717, 1.165) is 54.7 Å². The van der Waals surface area contributed by atoms with Crippen molar-refractivity contribution in [3.8, 4) is 0 Å². The maximum Gasteiger partial charge on any atom is 0.275 e. The van der Waals surface area contributed by atoms with E-state index in [1.54, 1.807) is 0 Å². The van der Waals surface area contributed by atoms with Crippen molar-refractivity contribution in [2.45, 2.75) is 38.5 Å². The average molecular weight is 292 g/mol. The van der Waals surface area contributed by atoms with Crippen molar-refractivity contribution in [2.75, 3.05) is 6.54 Å². The number of hydrogen-bond acceptors (Lipinski definition) is 3. The second-order valence-corrected chi connectivity index (χ2v) is 6.48. The first-order valence-electron chi connectivity index (χ1n) is 8.17. The Labute approximate surface area is 128 Å². The van der Waals surface area contributed by atoms with Gasteiger partial charge >= 0.3 is 0 Å². The van der Waals surface area contributed by atoms with Gasteiger partial charge in [0, 0.05) is 46.0 Å². The summed E-state index contributed by atoms with van der Waals surface area (Å²) in [6.07, 6.45) is 10.4. The number of rotatable bonds is 1. The standard InChI is InChI=1S/C18H18N3O/c19-8-14-16-10-5-3-6-11(10)18-17(13(16)9-20-14)12-4-1-2-7-15(12)21(18)22/h5,9H,1-4,6-8,19H2/q+1. The lowest BCUT2D eigenvalue weighted by molar-refractivity contribution is -0.406. The van der Waals surface area contributed by atoms with E-state index in [0.29, 0.717) is 6.54 Å². The van der Waals surface area contributed by atoms with Gasteiger partial charge in [0.25, 0.3) is 5.69 Å². The van der Waals surface area contributed by atoms with Crippen LogP contribution in [0.4, 0.5) is 5.69 Å². The Morgan fingerprint density at radius 1 is 1.23 bits per heavy atom. The third kappa shape index (κ3) is 1.34. The molecule has 0 aromatic heterocycles. The highest BCUT2D eigenvalue weighted by Crippen LogP contribution is 2.47. The third-order valence-corrected chi connectivity index (χ3v) is 5.42. The van der Waals surface area contributed by atoms with Crippen LogP contribution in [0.3, 0.4) is 0 Å². The minimum Gasteiger partial charge on any atom is -0.325 e. The van der Waals surface area contributed by atoms with Gasteiger partial charge in [0.15, 0.2) is 0 Å². The van der Waals surface area contributed by atoms with E-state index < -0.39 is 0 Å². The van der Waals surface area contributed by atoms with Crippen LogP contribution in [-0.2, 0) is 6.42 Å². The number of benzene rings is 1. The molecule has 0 spiro atoms.